The van der Waals surface area contributed by atoms with Crippen LogP contribution < -0.4 is 18.9 Å². The molecule has 13 heavy (non-hydrogen) atoms. The molecule has 0 N–H and O–H groups in total. The van der Waals surface area contributed by atoms with Crippen molar-refractivity contribution in [3.05, 3.63) is 17.3 Å². The second-order valence-corrected chi connectivity index (χ2v) is 2.17. The van der Waals surface area contributed by atoms with E-state index in [2.05, 4.69) is 6.07 Å². The lowest BCUT2D eigenvalue weighted by molar-refractivity contribution is -0.619. The first-order valence-electron chi connectivity index (χ1n) is 3.54. The summed E-state index contributed by atoms with van der Waals surface area (Å²) in [5.41, 5.74) is 0. The van der Waals surface area contributed by atoms with Crippen molar-refractivity contribution in [1.29, 1.82) is 0 Å². The summed E-state index contributed by atoms with van der Waals surface area (Å²) in [6.45, 7) is 0. The highest BCUT2D eigenvalue weighted by Crippen LogP contribution is 2.23. The van der Waals surface area contributed by atoms with Gasteiger partial charge in [-0.05, 0) is 0 Å². The first kappa shape index (κ1) is 9.44. The highest BCUT2D eigenvalue weighted by molar-refractivity contribution is 5.29. The molecule has 71 valence electrons. The number of rotatable bonds is 3. The molecule has 0 saturated heterocycles. The summed E-state index contributed by atoms with van der Waals surface area (Å²) in [5, 5.41) is 11.4. The number of ether oxygens (including phenoxy) is 3. The average molecular weight is 184 g/mol. The highest BCUT2D eigenvalue weighted by atomic mass is 16.6. The first-order valence-corrected chi connectivity index (χ1v) is 3.54. The smallest absolute Gasteiger partial charge is 0.426 e. The summed E-state index contributed by atoms with van der Waals surface area (Å²) >= 11 is 0. The lowest BCUT2D eigenvalue weighted by Crippen LogP contribution is -2.30. The van der Waals surface area contributed by atoms with Crippen molar-refractivity contribution in [2.24, 2.45) is 0 Å². The van der Waals surface area contributed by atoms with E-state index in [-0.39, 0.29) is 17.5 Å². The molecule has 1 heterocycles. The molecule has 0 fully saturated rings. The number of pyridine rings is 1. The van der Waals surface area contributed by atoms with Crippen LogP contribution >= 0.6 is 0 Å². The van der Waals surface area contributed by atoms with Gasteiger partial charge in [0.15, 0.2) is 0 Å². The van der Waals surface area contributed by atoms with Gasteiger partial charge in [0.2, 0.25) is 5.75 Å². The maximum absolute atomic E-state index is 11.4. The maximum Gasteiger partial charge on any atom is 0.426 e. The summed E-state index contributed by atoms with van der Waals surface area (Å²) in [7, 11) is 4.20. The second kappa shape index (κ2) is 3.84. The van der Waals surface area contributed by atoms with Gasteiger partial charge in [0.1, 0.15) is 0 Å². The number of hydrogen-bond acceptors (Lipinski definition) is 4. The molecular formula is C8H10NO4. The van der Waals surface area contributed by atoms with Crippen LogP contribution in [0.2, 0.25) is 0 Å². The zero-order valence-electron chi connectivity index (χ0n) is 7.66. The summed E-state index contributed by atoms with van der Waals surface area (Å²) in [6.07, 6.45) is 0. The summed E-state index contributed by atoms with van der Waals surface area (Å²) in [5.74, 6) is 0.387. The molecule has 1 aromatic rings. The lowest BCUT2D eigenvalue weighted by atomic mass is 10.4. The van der Waals surface area contributed by atoms with Crippen LogP contribution in [-0.2, 0) is 0 Å². The molecule has 1 rings (SSSR count). The Morgan fingerprint density at radius 1 is 1.23 bits per heavy atom. The van der Waals surface area contributed by atoms with Crippen LogP contribution in [0.25, 0.3) is 0 Å². The van der Waals surface area contributed by atoms with E-state index in [4.69, 9.17) is 14.2 Å². The Morgan fingerprint density at radius 3 is 2.38 bits per heavy atom. The molecular weight excluding hydrogens is 174 g/mol. The zero-order chi connectivity index (χ0) is 9.84. The molecule has 1 radical (unpaired) electrons. The van der Waals surface area contributed by atoms with Crippen molar-refractivity contribution >= 4 is 0 Å². The zero-order valence-corrected chi connectivity index (χ0v) is 7.66. The van der Waals surface area contributed by atoms with Crippen LogP contribution in [0.15, 0.2) is 6.07 Å². The van der Waals surface area contributed by atoms with Crippen LogP contribution in [0.1, 0.15) is 0 Å². The number of aromatic nitrogens is 1. The van der Waals surface area contributed by atoms with Gasteiger partial charge >= 0.3 is 11.8 Å². The monoisotopic (exact) mass is 184 g/mol. The van der Waals surface area contributed by atoms with Crippen LogP contribution in [-0.4, -0.2) is 21.3 Å². The minimum absolute atomic E-state index is 0.0295. The van der Waals surface area contributed by atoms with Gasteiger partial charge in [-0.15, -0.1) is 0 Å². The van der Waals surface area contributed by atoms with Crippen molar-refractivity contribution in [2.75, 3.05) is 21.3 Å². The molecule has 0 aliphatic heterocycles. The van der Waals surface area contributed by atoms with Gasteiger partial charge in [-0.3, -0.25) is 0 Å². The Kier molecular flexibility index (Phi) is 2.79. The van der Waals surface area contributed by atoms with Gasteiger partial charge in [-0.1, -0.05) is 4.73 Å². The molecule has 0 bridgehead atoms. The van der Waals surface area contributed by atoms with Gasteiger partial charge in [0, 0.05) is 6.07 Å². The van der Waals surface area contributed by atoms with Crippen LogP contribution in [0.5, 0.6) is 17.5 Å². The van der Waals surface area contributed by atoms with Gasteiger partial charge in [0.25, 0.3) is 0 Å². The molecule has 0 saturated carbocycles. The molecule has 0 aliphatic rings. The van der Waals surface area contributed by atoms with E-state index in [1.54, 1.807) is 0 Å². The number of hydrogen-bond donors (Lipinski definition) is 0. The third-order valence-electron chi connectivity index (χ3n) is 1.51. The quantitative estimate of drug-likeness (QED) is 0.495. The average Bonchev–Trinajstić information content (AvgIpc) is 2.17. The van der Waals surface area contributed by atoms with Gasteiger partial charge in [0.05, 0.1) is 27.4 Å². The molecule has 0 atom stereocenters. The summed E-state index contributed by atoms with van der Waals surface area (Å²) < 4.78 is 14.9. The Balaban J connectivity index is 3.23. The van der Waals surface area contributed by atoms with Crippen LogP contribution in [0.3, 0.4) is 0 Å². The molecule has 0 aromatic carbocycles. The van der Waals surface area contributed by atoms with Crippen molar-refractivity contribution in [3.8, 4) is 17.5 Å². The van der Waals surface area contributed by atoms with Gasteiger partial charge in [-0.2, -0.15) is 0 Å². The van der Waals surface area contributed by atoms with Crippen LogP contribution in [0, 0.1) is 11.3 Å². The number of methoxy groups -OCH3 is 3. The third-order valence-corrected chi connectivity index (χ3v) is 1.51. The fourth-order valence-electron chi connectivity index (χ4n) is 0.904. The predicted octanol–water partition coefficient (Wildman–Crippen LogP) is 0.146. The van der Waals surface area contributed by atoms with Gasteiger partial charge < -0.3 is 19.4 Å². The summed E-state index contributed by atoms with van der Waals surface area (Å²) in [6, 6.07) is 4.09. The van der Waals surface area contributed by atoms with E-state index in [0.717, 1.165) is 0 Å². The van der Waals surface area contributed by atoms with Crippen LogP contribution in [0.4, 0.5) is 0 Å². The Bertz CT molecular complexity index is 300. The highest BCUT2D eigenvalue weighted by Gasteiger charge is 2.19. The van der Waals surface area contributed by atoms with E-state index >= 15 is 0 Å². The SMILES string of the molecule is COc1[c]cc(OC)[n+]([O-])c1OC. The molecule has 1 aromatic heterocycles. The first-order chi connectivity index (χ1) is 6.24. The molecule has 0 spiro atoms. The lowest BCUT2D eigenvalue weighted by Gasteiger charge is -2.08. The third kappa shape index (κ3) is 1.58. The Morgan fingerprint density at radius 2 is 1.92 bits per heavy atom. The van der Waals surface area contributed by atoms with Crippen molar-refractivity contribution in [3.63, 3.8) is 0 Å². The van der Waals surface area contributed by atoms with E-state index in [1.807, 2.05) is 0 Å². The van der Waals surface area contributed by atoms with E-state index in [1.165, 1.54) is 27.4 Å². The molecule has 5 heteroatoms. The van der Waals surface area contributed by atoms with E-state index in [0.29, 0.717) is 4.73 Å². The normalized spacial score (nSPS) is 9.46. The molecule has 5 nitrogen and oxygen atoms in total. The standard InChI is InChI=1S/C8H10NO4/c1-11-6-4-5-7(12-2)9(10)8(6)13-3/h5H,1-3H3. The molecule has 0 amide bonds. The van der Waals surface area contributed by atoms with E-state index < -0.39 is 0 Å². The molecule has 0 aliphatic carbocycles. The minimum atomic E-state index is 0.0295. The van der Waals surface area contributed by atoms with Crippen molar-refractivity contribution in [2.45, 2.75) is 0 Å². The Labute approximate surface area is 76.0 Å². The number of nitrogens with zero attached hydrogens (tertiary/aromatic N) is 1. The fraction of sp³-hybridized carbons (Fsp3) is 0.375. The Hall–Kier alpha value is -1.65. The van der Waals surface area contributed by atoms with Crippen molar-refractivity contribution < 1.29 is 18.9 Å². The van der Waals surface area contributed by atoms with Crippen molar-refractivity contribution in [1.82, 2.24) is 0 Å². The minimum Gasteiger partial charge on any atom is -0.613 e. The topological polar surface area (TPSA) is 54.6 Å². The van der Waals surface area contributed by atoms with Gasteiger partial charge in [-0.25, -0.2) is 0 Å². The summed E-state index contributed by atoms with van der Waals surface area (Å²) in [4.78, 5) is 0. The second-order valence-electron chi connectivity index (χ2n) is 2.17. The largest absolute Gasteiger partial charge is 0.613 e. The maximum atomic E-state index is 11.4. The molecule has 0 unspecified atom stereocenters. The van der Waals surface area contributed by atoms with E-state index in [9.17, 15) is 5.21 Å². The fourth-order valence-corrected chi connectivity index (χ4v) is 0.904. The predicted molar refractivity (Wildman–Crippen MR) is 43.9 cm³/mol.